The van der Waals surface area contributed by atoms with E-state index in [0.717, 1.165) is 5.56 Å². The van der Waals surface area contributed by atoms with Crippen molar-refractivity contribution in [1.29, 1.82) is 0 Å². The van der Waals surface area contributed by atoms with Crippen LogP contribution in [0.1, 0.15) is 24.8 Å². The second-order valence-corrected chi connectivity index (χ2v) is 5.67. The third kappa shape index (κ3) is 6.77. The highest BCUT2D eigenvalue weighted by atomic mass is 16.6. The molecule has 0 amide bonds. The van der Waals surface area contributed by atoms with Crippen molar-refractivity contribution in [3.05, 3.63) is 70.3 Å². The lowest BCUT2D eigenvalue weighted by atomic mass is 10.1. The van der Waals surface area contributed by atoms with Crippen molar-refractivity contribution in [3.8, 4) is 5.75 Å². The van der Waals surface area contributed by atoms with Crippen LogP contribution in [-0.4, -0.2) is 28.4 Å². The number of hydrogen-bond donors (Lipinski definition) is 1. The number of oxime groups is 1. The minimum atomic E-state index is -0.655. The molecular weight excluding hydrogens is 352 g/mol. The zero-order chi connectivity index (χ0) is 19.5. The maximum atomic E-state index is 11.9. The van der Waals surface area contributed by atoms with Crippen molar-refractivity contribution >= 4 is 17.4 Å². The van der Waals surface area contributed by atoms with Crippen LogP contribution >= 0.6 is 0 Å². The lowest BCUT2D eigenvalue weighted by Gasteiger charge is -2.07. The van der Waals surface area contributed by atoms with E-state index in [1.165, 1.54) is 24.3 Å². The summed E-state index contributed by atoms with van der Waals surface area (Å²) in [5.74, 6) is -0.128. The number of carbonyl (C=O) groups excluding carboxylic acids is 1. The number of benzene rings is 2. The molecule has 27 heavy (non-hydrogen) atoms. The van der Waals surface area contributed by atoms with Gasteiger partial charge in [0.15, 0.2) is 5.71 Å². The predicted octanol–water partition coefficient (Wildman–Crippen LogP) is 3.72. The fourth-order valence-corrected chi connectivity index (χ4v) is 2.25. The molecule has 0 bridgehead atoms. The molecule has 2 rings (SSSR count). The summed E-state index contributed by atoms with van der Waals surface area (Å²) in [6, 6.07) is 15.0. The molecule has 0 aliphatic rings. The Morgan fingerprint density at radius 1 is 1.07 bits per heavy atom. The van der Waals surface area contributed by atoms with Gasteiger partial charge in [-0.25, -0.2) is 4.79 Å². The van der Waals surface area contributed by atoms with Crippen LogP contribution in [0.5, 0.6) is 5.75 Å². The van der Waals surface area contributed by atoms with E-state index >= 15 is 0 Å². The van der Waals surface area contributed by atoms with Gasteiger partial charge in [-0.2, -0.15) is 0 Å². The Hall–Kier alpha value is -3.42. The van der Waals surface area contributed by atoms with E-state index in [9.17, 15) is 14.9 Å². The average molecular weight is 372 g/mol. The third-order valence-electron chi connectivity index (χ3n) is 3.69. The number of non-ortho nitro benzene ring substituents is 1. The molecule has 0 unspecified atom stereocenters. The van der Waals surface area contributed by atoms with Crippen molar-refractivity contribution < 1.29 is 24.4 Å². The number of unbranched alkanes of at least 4 members (excludes halogenated alkanes) is 1. The van der Waals surface area contributed by atoms with Gasteiger partial charge in [-0.1, -0.05) is 35.5 Å². The molecule has 2 aromatic rings. The van der Waals surface area contributed by atoms with E-state index < -0.39 is 10.9 Å². The molecule has 0 spiro atoms. The average Bonchev–Trinajstić information content (AvgIpc) is 2.70. The molecule has 0 aliphatic heterocycles. The molecule has 142 valence electrons. The highest BCUT2D eigenvalue weighted by Gasteiger charge is 2.14. The maximum absolute atomic E-state index is 11.9. The van der Waals surface area contributed by atoms with Crippen LogP contribution in [0, 0.1) is 10.1 Å². The van der Waals surface area contributed by atoms with E-state index in [1.807, 2.05) is 30.3 Å². The van der Waals surface area contributed by atoms with Crippen LogP contribution < -0.4 is 4.74 Å². The SMILES string of the molecule is O=C(OCc1ccccc1)/C(CCCCOc1ccc([N+](=O)[O-])cc1)=N/O. The van der Waals surface area contributed by atoms with Crippen LogP contribution in [0.4, 0.5) is 5.69 Å². The van der Waals surface area contributed by atoms with Gasteiger partial charge in [0, 0.05) is 18.6 Å². The minimum Gasteiger partial charge on any atom is -0.494 e. The molecular formula is C19H20N2O6. The Morgan fingerprint density at radius 2 is 1.78 bits per heavy atom. The number of rotatable bonds is 10. The molecule has 1 N–H and O–H groups in total. The minimum absolute atomic E-state index is 0.000152. The molecule has 0 radical (unpaired) electrons. The van der Waals surface area contributed by atoms with Crippen LogP contribution in [0.25, 0.3) is 0 Å². The second-order valence-electron chi connectivity index (χ2n) is 5.67. The lowest BCUT2D eigenvalue weighted by molar-refractivity contribution is -0.384. The number of esters is 1. The number of nitro groups is 1. The van der Waals surface area contributed by atoms with Crippen LogP contribution in [0.3, 0.4) is 0 Å². The number of ether oxygens (including phenoxy) is 2. The highest BCUT2D eigenvalue weighted by molar-refractivity contribution is 6.36. The van der Waals surface area contributed by atoms with E-state index in [0.29, 0.717) is 25.2 Å². The fraction of sp³-hybridized carbons (Fsp3) is 0.263. The summed E-state index contributed by atoms with van der Waals surface area (Å²) in [7, 11) is 0. The number of carbonyl (C=O) groups is 1. The van der Waals surface area contributed by atoms with E-state index in [4.69, 9.17) is 14.7 Å². The first-order valence-electron chi connectivity index (χ1n) is 8.39. The van der Waals surface area contributed by atoms with Gasteiger partial charge in [-0.3, -0.25) is 10.1 Å². The predicted molar refractivity (Wildman–Crippen MR) is 97.9 cm³/mol. The van der Waals surface area contributed by atoms with Gasteiger partial charge in [0.2, 0.25) is 0 Å². The molecule has 8 nitrogen and oxygen atoms in total. The van der Waals surface area contributed by atoms with Gasteiger partial charge in [-0.15, -0.1) is 0 Å². The van der Waals surface area contributed by atoms with Crippen molar-refractivity contribution in [3.63, 3.8) is 0 Å². The molecule has 0 saturated carbocycles. The third-order valence-corrected chi connectivity index (χ3v) is 3.69. The zero-order valence-corrected chi connectivity index (χ0v) is 14.6. The van der Waals surface area contributed by atoms with E-state index in [-0.39, 0.29) is 24.4 Å². The van der Waals surface area contributed by atoms with E-state index in [2.05, 4.69) is 5.16 Å². The molecule has 8 heteroatoms. The molecule has 0 atom stereocenters. The Kier molecular flexibility index (Phi) is 7.77. The molecule has 0 heterocycles. The van der Waals surface area contributed by atoms with Gasteiger partial charge in [0.05, 0.1) is 11.5 Å². The Bertz CT molecular complexity index is 775. The van der Waals surface area contributed by atoms with E-state index in [1.54, 1.807) is 0 Å². The first kappa shape index (κ1) is 19.9. The normalized spacial score (nSPS) is 11.0. The highest BCUT2D eigenvalue weighted by Crippen LogP contribution is 2.17. The maximum Gasteiger partial charge on any atom is 0.356 e. The zero-order valence-electron chi connectivity index (χ0n) is 14.6. The van der Waals surface area contributed by atoms with Crippen molar-refractivity contribution in [2.24, 2.45) is 5.16 Å². The largest absolute Gasteiger partial charge is 0.494 e. The smallest absolute Gasteiger partial charge is 0.356 e. The second kappa shape index (κ2) is 10.5. The summed E-state index contributed by atoms with van der Waals surface area (Å²) in [5.41, 5.74) is 0.807. The van der Waals surface area contributed by atoms with Gasteiger partial charge < -0.3 is 14.7 Å². The quantitative estimate of drug-likeness (QED) is 0.170. The van der Waals surface area contributed by atoms with Gasteiger partial charge in [0.25, 0.3) is 5.69 Å². The van der Waals surface area contributed by atoms with Crippen molar-refractivity contribution in [2.75, 3.05) is 6.61 Å². The number of nitro benzene ring substituents is 1. The van der Waals surface area contributed by atoms with Crippen molar-refractivity contribution in [2.45, 2.75) is 25.9 Å². The molecule has 2 aromatic carbocycles. The van der Waals surface area contributed by atoms with Gasteiger partial charge in [-0.05, 0) is 30.5 Å². The molecule has 0 aliphatic carbocycles. The van der Waals surface area contributed by atoms with Crippen LogP contribution in [0.15, 0.2) is 59.8 Å². The first-order chi connectivity index (χ1) is 13.1. The van der Waals surface area contributed by atoms with Crippen molar-refractivity contribution in [1.82, 2.24) is 0 Å². The Morgan fingerprint density at radius 3 is 2.41 bits per heavy atom. The summed E-state index contributed by atoms with van der Waals surface area (Å²) in [6.07, 6.45) is 1.43. The first-order valence-corrected chi connectivity index (χ1v) is 8.39. The molecule has 0 fully saturated rings. The topological polar surface area (TPSA) is 111 Å². The monoisotopic (exact) mass is 372 g/mol. The lowest BCUT2D eigenvalue weighted by Crippen LogP contribution is -2.18. The summed E-state index contributed by atoms with van der Waals surface area (Å²) < 4.78 is 10.6. The number of hydrogen-bond acceptors (Lipinski definition) is 7. The Labute approximate surface area is 156 Å². The summed E-state index contributed by atoms with van der Waals surface area (Å²) in [5, 5.41) is 22.6. The summed E-state index contributed by atoms with van der Waals surface area (Å²) in [6.45, 7) is 0.484. The molecule has 0 saturated heterocycles. The summed E-state index contributed by atoms with van der Waals surface area (Å²) in [4.78, 5) is 22.0. The number of nitrogens with zero attached hydrogens (tertiary/aromatic N) is 2. The van der Waals surface area contributed by atoms with Crippen LogP contribution in [-0.2, 0) is 16.1 Å². The Balaban J connectivity index is 1.66. The van der Waals surface area contributed by atoms with Gasteiger partial charge >= 0.3 is 5.97 Å². The van der Waals surface area contributed by atoms with Gasteiger partial charge in [0.1, 0.15) is 12.4 Å². The fourth-order valence-electron chi connectivity index (χ4n) is 2.25. The molecule has 0 aromatic heterocycles. The standard InChI is InChI=1S/C19H20N2O6/c22-19(27-14-15-6-2-1-3-7-15)18(20-23)8-4-5-13-26-17-11-9-16(10-12-17)21(24)25/h1-3,6-7,9-12,23H,4-5,8,13-14H2/b20-18+. The summed E-state index contributed by atoms with van der Waals surface area (Å²) >= 11 is 0. The van der Waals surface area contributed by atoms with Crippen LogP contribution in [0.2, 0.25) is 0 Å².